The molecular weight excluding hydrogens is 282 g/mol. The van der Waals surface area contributed by atoms with Gasteiger partial charge in [0.25, 0.3) is 0 Å². The van der Waals surface area contributed by atoms with Crippen molar-refractivity contribution >= 4 is 16.9 Å². The summed E-state index contributed by atoms with van der Waals surface area (Å²) < 4.78 is 57.7. The van der Waals surface area contributed by atoms with Crippen LogP contribution in [-0.2, 0) is 4.74 Å². The molecule has 1 N–H and O–H groups in total. The smallest absolute Gasteiger partial charge is 0.354 e. The molecule has 8 heteroatoms. The molecule has 0 aliphatic heterocycles. The largest absolute Gasteiger partial charge is 0.461 e. The molecule has 0 atom stereocenters. The third-order valence-corrected chi connectivity index (χ3v) is 2.54. The number of hydrogen-bond donors (Lipinski definition) is 1. The van der Waals surface area contributed by atoms with E-state index < -0.39 is 51.3 Å². The molecule has 0 aliphatic carbocycles. The predicted octanol–water partition coefficient (Wildman–Crippen LogP) is 2.26. The van der Waals surface area contributed by atoms with Gasteiger partial charge in [-0.25, -0.2) is 22.4 Å². The van der Waals surface area contributed by atoms with Crippen molar-refractivity contribution in [3.8, 4) is 0 Å². The van der Waals surface area contributed by atoms with Gasteiger partial charge in [0.2, 0.25) is 0 Å². The predicted molar refractivity (Wildman–Crippen MR) is 60.4 cm³/mol. The van der Waals surface area contributed by atoms with Gasteiger partial charge in [-0.3, -0.25) is 4.79 Å². The number of rotatable bonds is 2. The number of ether oxygens (including phenoxy) is 1. The van der Waals surface area contributed by atoms with Crippen LogP contribution in [0.3, 0.4) is 0 Å². The van der Waals surface area contributed by atoms with E-state index >= 15 is 0 Å². The summed E-state index contributed by atoms with van der Waals surface area (Å²) in [5.41, 5.74) is -2.59. The fourth-order valence-electron chi connectivity index (χ4n) is 1.67. The topological polar surface area (TPSA) is 59.2 Å². The van der Waals surface area contributed by atoms with E-state index in [1.807, 2.05) is 4.98 Å². The van der Waals surface area contributed by atoms with Crippen LogP contribution in [-0.4, -0.2) is 17.6 Å². The maximum atomic E-state index is 13.5. The molecule has 0 saturated carbocycles. The number of carbonyl (C=O) groups excluding carboxylic acids is 1. The molecule has 0 radical (unpaired) electrons. The van der Waals surface area contributed by atoms with Gasteiger partial charge in [0, 0.05) is 6.07 Å². The summed E-state index contributed by atoms with van der Waals surface area (Å²) in [7, 11) is 0. The first-order valence-corrected chi connectivity index (χ1v) is 5.44. The molecule has 0 fully saturated rings. The van der Waals surface area contributed by atoms with Gasteiger partial charge in [0.05, 0.1) is 17.5 Å². The number of aromatic amines is 1. The normalized spacial score (nSPS) is 10.8. The highest BCUT2D eigenvalue weighted by molar-refractivity contribution is 5.91. The van der Waals surface area contributed by atoms with Crippen LogP contribution in [0, 0.1) is 23.3 Å². The summed E-state index contributed by atoms with van der Waals surface area (Å²) >= 11 is 0. The van der Waals surface area contributed by atoms with Crippen LogP contribution >= 0.6 is 0 Å². The van der Waals surface area contributed by atoms with Gasteiger partial charge in [0.1, 0.15) is 5.69 Å². The van der Waals surface area contributed by atoms with Crippen LogP contribution in [0.5, 0.6) is 0 Å². The Morgan fingerprint density at radius 1 is 1.15 bits per heavy atom. The van der Waals surface area contributed by atoms with E-state index in [2.05, 4.69) is 4.74 Å². The Kier molecular flexibility index (Phi) is 3.47. The highest BCUT2D eigenvalue weighted by atomic mass is 19.2. The minimum atomic E-state index is -2.09. The maximum Gasteiger partial charge on any atom is 0.354 e. The summed E-state index contributed by atoms with van der Waals surface area (Å²) in [5.74, 6) is -8.79. The second-order valence-electron chi connectivity index (χ2n) is 3.77. The van der Waals surface area contributed by atoms with Crippen molar-refractivity contribution < 1.29 is 27.1 Å². The van der Waals surface area contributed by atoms with Crippen molar-refractivity contribution in [2.75, 3.05) is 6.61 Å². The van der Waals surface area contributed by atoms with Gasteiger partial charge in [-0.15, -0.1) is 0 Å². The molecular formula is C12H7F4NO3. The summed E-state index contributed by atoms with van der Waals surface area (Å²) in [6.45, 7) is 1.47. The zero-order valence-corrected chi connectivity index (χ0v) is 10.0. The third kappa shape index (κ3) is 2.02. The van der Waals surface area contributed by atoms with Crippen LogP contribution < -0.4 is 5.43 Å². The number of H-pyrrole nitrogens is 1. The highest BCUT2D eigenvalue weighted by Gasteiger charge is 2.24. The van der Waals surface area contributed by atoms with Crippen molar-refractivity contribution in [1.82, 2.24) is 4.98 Å². The maximum absolute atomic E-state index is 13.5. The molecule has 0 saturated heterocycles. The lowest BCUT2D eigenvalue weighted by Crippen LogP contribution is -2.16. The average molecular weight is 289 g/mol. The standard InChI is InChI=1S/C12H7F4NO3/c1-2-20-12(19)4-3-5(18)6-7(13)8(14)9(15)10(16)11(6)17-4/h3H,2H2,1H3,(H,17,18). The summed E-state index contributed by atoms with van der Waals surface area (Å²) in [6, 6.07) is 0.625. The van der Waals surface area contributed by atoms with Gasteiger partial charge < -0.3 is 9.72 Å². The highest BCUT2D eigenvalue weighted by Crippen LogP contribution is 2.23. The molecule has 0 spiro atoms. The molecule has 1 aromatic carbocycles. The minimum Gasteiger partial charge on any atom is -0.461 e. The van der Waals surface area contributed by atoms with Gasteiger partial charge in [-0.2, -0.15) is 0 Å². The Labute approximate surface area is 109 Å². The number of nitrogens with one attached hydrogen (secondary N) is 1. The van der Waals surface area contributed by atoms with Gasteiger partial charge in [-0.1, -0.05) is 0 Å². The summed E-state index contributed by atoms with van der Waals surface area (Å²) in [4.78, 5) is 25.1. The monoisotopic (exact) mass is 289 g/mol. The van der Waals surface area contributed by atoms with Crippen molar-refractivity contribution in [3.63, 3.8) is 0 Å². The quantitative estimate of drug-likeness (QED) is 0.399. The van der Waals surface area contributed by atoms with Crippen molar-refractivity contribution in [3.05, 3.63) is 45.3 Å². The van der Waals surface area contributed by atoms with E-state index in [-0.39, 0.29) is 6.61 Å². The fraction of sp³-hybridized carbons (Fsp3) is 0.167. The molecule has 0 unspecified atom stereocenters. The molecule has 0 amide bonds. The lowest BCUT2D eigenvalue weighted by atomic mass is 10.1. The van der Waals surface area contributed by atoms with Crippen LogP contribution in [0.2, 0.25) is 0 Å². The third-order valence-electron chi connectivity index (χ3n) is 2.54. The Morgan fingerprint density at radius 3 is 2.35 bits per heavy atom. The molecule has 0 bridgehead atoms. The number of pyridine rings is 1. The molecule has 106 valence electrons. The van der Waals surface area contributed by atoms with Crippen molar-refractivity contribution in [1.29, 1.82) is 0 Å². The molecule has 2 aromatic rings. The number of carbonyl (C=O) groups is 1. The van der Waals surface area contributed by atoms with E-state index in [1.54, 1.807) is 0 Å². The molecule has 20 heavy (non-hydrogen) atoms. The van der Waals surface area contributed by atoms with E-state index in [0.717, 1.165) is 0 Å². The van der Waals surface area contributed by atoms with Crippen LogP contribution in [0.4, 0.5) is 17.6 Å². The zero-order chi connectivity index (χ0) is 15.0. The SMILES string of the molecule is CCOC(=O)c1cc(=O)c2c(F)c(F)c(F)c(F)c2[nH]1. The second kappa shape index (κ2) is 4.95. The first-order chi connectivity index (χ1) is 9.38. The number of benzene rings is 1. The molecule has 0 aliphatic rings. The first kappa shape index (κ1) is 14.0. The summed E-state index contributed by atoms with van der Waals surface area (Å²) in [6.07, 6.45) is 0. The average Bonchev–Trinajstić information content (AvgIpc) is 2.42. The molecule has 1 heterocycles. The molecule has 1 aromatic heterocycles. The second-order valence-corrected chi connectivity index (χ2v) is 3.77. The Bertz CT molecular complexity index is 770. The minimum absolute atomic E-state index is 0.0203. The zero-order valence-electron chi connectivity index (χ0n) is 10.0. The molecule has 4 nitrogen and oxygen atoms in total. The lowest BCUT2D eigenvalue weighted by molar-refractivity contribution is 0.0520. The Balaban J connectivity index is 2.85. The summed E-state index contributed by atoms with van der Waals surface area (Å²) in [5, 5.41) is -1.01. The van der Waals surface area contributed by atoms with Crippen LogP contribution in [0.15, 0.2) is 10.9 Å². The number of hydrogen-bond acceptors (Lipinski definition) is 3. The number of halogens is 4. The number of esters is 1. The Morgan fingerprint density at radius 2 is 1.75 bits per heavy atom. The van der Waals surface area contributed by atoms with Gasteiger partial charge in [0.15, 0.2) is 28.7 Å². The Hall–Kier alpha value is -2.38. The number of fused-ring (bicyclic) bond motifs is 1. The van der Waals surface area contributed by atoms with E-state index in [0.29, 0.717) is 6.07 Å². The van der Waals surface area contributed by atoms with E-state index in [4.69, 9.17) is 0 Å². The van der Waals surface area contributed by atoms with Crippen LogP contribution in [0.1, 0.15) is 17.4 Å². The van der Waals surface area contributed by atoms with Crippen LogP contribution in [0.25, 0.3) is 10.9 Å². The first-order valence-electron chi connectivity index (χ1n) is 5.44. The van der Waals surface area contributed by atoms with E-state index in [1.165, 1.54) is 6.92 Å². The number of aromatic nitrogens is 1. The van der Waals surface area contributed by atoms with Crippen molar-refractivity contribution in [2.45, 2.75) is 6.92 Å². The lowest BCUT2D eigenvalue weighted by Gasteiger charge is -2.07. The van der Waals surface area contributed by atoms with Gasteiger partial charge >= 0.3 is 5.97 Å². The van der Waals surface area contributed by atoms with Gasteiger partial charge in [-0.05, 0) is 6.92 Å². The fourth-order valence-corrected chi connectivity index (χ4v) is 1.67. The molecule has 2 rings (SSSR count). The van der Waals surface area contributed by atoms with Crippen molar-refractivity contribution in [2.24, 2.45) is 0 Å². The van der Waals surface area contributed by atoms with E-state index in [9.17, 15) is 27.2 Å².